The average Bonchev–Trinajstić information content (AvgIpc) is 2.45. The molecule has 0 heterocycles. The number of hydrogen-bond donors (Lipinski definition) is 1. The molecule has 1 N–H and O–H groups in total. The summed E-state index contributed by atoms with van der Waals surface area (Å²) in [6, 6.07) is 7.26. The van der Waals surface area contributed by atoms with Crippen molar-refractivity contribution in [2.75, 3.05) is 0 Å². The number of nitrogens with zero attached hydrogens (tertiary/aromatic N) is 1. The maximum absolute atomic E-state index is 12.3. The number of benzene rings is 1. The fourth-order valence-corrected chi connectivity index (χ4v) is 3.84. The second kappa shape index (κ2) is 7.24. The first-order valence-corrected chi connectivity index (χ1v) is 8.36. The molecule has 1 aliphatic rings. The van der Waals surface area contributed by atoms with Gasteiger partial charge in [-0.3, -0.25) is 4.79 Å². The quantitative estimate of drug-likeness (QED) is 0.817. The second-order valence-corrected chi connectivity index (χ2v) is 6.87. The molecule has 1 unspecified atom stereocenters. The van der Waals surface area contributed by atoms with Crippen LogP contribution < -0.4 is 5.32 Å². The van der Waals surface area contributed by atoms with Gasteiger partial charge in [-0.05, 0) is 52.9 Å². The summed E-state index contributed by atoms with van der Waals surface area (Å²) in [5.41, 5.74) is 0.559. The third-order valence-corrected chi connectivity index (χ3v) is 4.87. The van der Waals surface area contributed by atoms with Gasteiger partial charge in [-0.25, -0.2) is 0 Å². The van der Waals surface area contributed by atoms with E-state index in [1.165, 1.54) is 6.42 Å². The molecule has 0 radical (unpaired) electrons. The van der Waals surface area contributed by atoms with Crippen molar-refractivity contribution in [2.45, 2.75) is 38.1 Å². The van der Waals surface area contributed by atoms with Crippen LogP contribution in [0.3, 0.4) is 0 Å². The van der Waals surface area contributed by atoms with Crippen molar-refractivity contribution in [3.8, 4) is 6.07 Å². The third-order valence-electron chi connectivity index (χ3n) is 3.72. The molecule has 0 spiro atoms. The van der Waals surface area contributed by atoms with Gasteiger partial charge in [0.2, 0.25) is 0 Å². The van der Waals surface area contributed by atoms with E-state index in [0.717, 1.165) is 34.6 Å². The summed E-state index contributed by atoms with van der Waals surface area (Å²) in [5.74, 6) is 0.0911. The van der Waals surface area contributed by atoms with Crippen molar-refractivity contribution < 1.29 is 4.79 Å². The summed E-state index contributed by atoms with van der Waals surface area (Å²) in [5, 5.41) is 12.2. The topological polar surface area (TPSA) is 52.9 Å². The predicted molar refractivity (Wildman–Crippen MR) is 85.3 cm³/mol. The minimum Gasteiger partial charge on any atom is -0.336 e. The van der Waals surface area contributed by atoms with Crippen LogP contribution in [0.2, 0.25) is 0 Å². The third kappa shape index (κ3) is 3.83. The van der Waals surface area contributed by atoms with Gasteiger partial charge in [0.25, 0.3) is 5.91 Å². The van der Waals surface area contributed by atoms with Gasteiger partial charge in [0, 0.05) is 8.95 Å². The largest absolute Gasteiger partial charge is 0.336 e. The lowest BCUT2D eigenvalue weighted by molar-refractivity contribution is 0.0928. The van der Waals surface area contributed by atoms with Crippen LogP contribution in [0.25, 0.3) is 0 Å². The Morgan fingerprint density at radius 1 is 1.30 bits per heavy atom. The molecule has 1 saturated carbocycles. The van der Waals surface area contributed by atoms with Crippen molar-refractivity contribution in [3.05, 3.63) is 32.7 Å². The Balaban J connectivity index is 2.07. The van der Waals surface area contributed by atoms with E-state index >= 15 is 0 Å². The van der Waals surface area contributed by atoms with Crippen molar-refractivity contribution in [1.82, 2.24) is 5.32 Å². The molecule has 1 aromatic rings. The van der Waals surface area contributed by atoms with E-state index < -0.39 is 6.04 Å². The number of rotatable bonds is 3. The summed E-state index contributed by atoms with van der Waals surface area (Å²) in [4.78, 5) is 12.3. The van der Waals surface area contributed by atoms with Crippen LogP contribution in [0.4, 0.5) is 0 Å². The lowest BCUT2D eigenvalue weighted by Crippen LogP contribution is -2.40. The number of nitrogens with one attached hydrogen (secondary N) is 1. The van der Waals surface area contributed by atoms with E-state index in [0.29, 0.717) is 5.56 Å². The molecule has 1 amide bonds. The zero-order valence-electron chi connectivity index (χ0n) is 11.0. The Labute approximate surface area is 136 Å². The highest BCUT2D eigenvalue weighted by atomic mass is 79.9. The molecule has 3 nitrogen and oxygen atoms in total. The standard InChI is InChI=1S/C15H16Br2N2O/c16-11-6-7-12(13(17)8-11)15(20)19-14(9-18)10-4-2-1-3-5-10/h6-8,10,14H,1-5H2,(H,19,20). The van der Waals surface area contributed by atoms with Gasteiger partial charge in [0.1, 0.15) is 6.04 Å². The number of halogens is 2. The van der Waals surface area contributed by atoms with Crippen LogP contribution in [0.15, 0.2) is 27.1 Å². The molecule has 20 heavy (non-hydrogen) atoms. The Bertz CT molecular complexity index is 533. The van der Waals surface area contributed by atoms with Gasteiger partial charge < -0.3 is 5.32 Å². The number of hydrogen-bond acceptors (Lipinski definition) is 2. The smallest absolute Gasteiger partial charge is 0.253 e. The first-order chi connectivity index (χ1) is 9.61. The zero-order valence-corrected chi connectivity index (χ0v) is 14.2. The molecule has 0 aromatic heterocycles. The molecule has 1 aromatic carbocycles. The normalized spacial score (nSPS) is 17.2. The van der Waals surface area contributed by atoms with Gasteiger partial charge in [-0.1, -0.05) is 35.2 Å². The molecule has 5 heteroatoms. The molecule has 0 aliphatic heterocycles. The first-order valence-electron chi connectivity index (χ1n) is 6.77. The molecule has 1 atom stereocenters. The lowest BCUT2D eigenvalue weighted by atomic mass is 9.84. The summed E-state index contributed by atoms with van der Waals surface area (Å²) >= 11 is 6.74. The summed E-state index contributed by atoms with van der Waals surface area (Å²) in [6.07, 6.45) is 5.60. The van der Waals surface area contributed by atoms with E-state index in [2.05, 4.69) is 43.2 Å². The number of carbonyl (C=O) groups is 1. The van der Waals surface area contributed by atoms with E-state index in [9.17, 15) is 10.1 Å². The molecule has 106 valence electrons. The van der Waals surface area contributed by atoms with Crippen LogP contribution in [-0.2, 0) is 0 Å². The molecule has 0 bridgehead atoms. The molecular formula is C15H16Br2N2O. The summed E-state index contributed by atoms with van der Waals surface area (Å²) < 4.78 is 1.63. The maximum Gasteiger partial charge on any atom is 0.253 e. The fourth-order valence-electron chi connectivity index (χ4n) is 2.62. The Morgan fingerprint density at radius 2 is 2.00 bits per heavy atom. The van der Waals surface area contributed by atoms with Crippen molar-refractivity contribution in [2.24, 2.45) is 5.92 Å². The van der Waals surface area contributed by atoms with Gasteiger partial charge >= 0.3 is 0 Å². The maximum atomic E-state index is 12.3. The Kier molecular flexibility index (Phi) is 5.62. The highest BCUT2D eigenvalue weighted by molar-refractivity contribution is 9.11. The van der Waals surface area contributed by atoms with Crippen LogP contribution in [-0.4, -0.2) is 11.9 Å². The van der Waals surface area contributed by atoms with Crippen molar-refractivity contribution in [1.29, 1.82) is 5.26 Å². The van der Waals surface area contributed by atoms with Gasteiger partial charge in [-0.15, -0.1) is 0 Å². The number of amides is 1. The van der Waals surface area contributed by atoms with Crippen molar-refractivity contribution in [3.63, 3.8) is 0 Å². The van der Waals surface area contributed by atoms with Crippen LogP contribution >= 0.6 is 31.9 Å². The zero-order chi connectivity index (χ0) is 14.5. The molecular weight excluding hydrogens is 384 g/mol. The Morgan fingerprint density at radius 3 is 2.60 bits per heavy atom. The molecule has 1 aliphatic carbocycles. The minimum atomic E-state index is -0.390. The summed E-state index contributed by atoms with van der Waals surface area (Å²) in [6.45, 7) is 0. The van der Waals surface area contributed by atoms with E-state index in [4.69, 9.17) is 0 Å². The number of carbonyl (C=O) groups excluding carboxylic acids is 1. The number of nitriles is 1. The first kappa shape index (κ1) is 15.5. The highest BCUT2D eigenvalue weighted by Crippen LogP contribution is 2.27. The van der Waals surface area contributed by atoms with E-state index in [1.54, 1.807) is 6.07 Å². The van der Waals surface area contributed by atoms with Crippen molar-refractivity contribution >= 4 is 37.8 Å². The molecule has 0 saturated heterocycles. The fraction of sp³-hybridized carbons (Fsp3) is 0.467. The van der Waals surface area contributed by atoms with Gasteiger partial charge in [-0.2, -0.15) is 5.26 Å². The predicted octanol–water partition coefficient (Wildman–Crippen LogP) is 4.41. The summed E-state index contributed by atoms with van der Waals surface area (Å²) in [7, 11) is 0. The van der Waals surface area contributed by atoms with Gasteiger partial charge in [0.15, 0.2) is 0 Å². The lowest BCUT2D eigenvalue weighted by Gasteiger charge is -2.26. The SMILES string of the molecule is N#CC(NC(=O)c1ccc(Br)cc1Br)C1CCCCC1. The van der Waals surface area contributed by atoms with E-state index in [-0.39, 0.29) is 11.8 Å². The van der Waals surface area contributed by atoms with E-state index in [1.807, 2.05) is 12.1 Å². The van der Waals surface area contributed by atoms with Crippen LogP contribution in [0.1, 0.15) is 42.5 Å². The highest BCUT2D eigenvalue weighted by Gasteiger charge is 2.25. The minimum absolute atomic E-state index is 0.193. The Hall–Kier alpha value is -0.860. The monoisotopic (exact) mass is 398 g/mol. The average molecular weight is 400 g/mol. The van der Waals surface area contributed by atoms with Gasteiger partial charge in [0.05, 0.1) is 11.6 Å². The molecule has 2 rings (SSSR count). The van der Waals surface area contributed by atoms with Crippen LogP contribution in [0, 0.1) is 17.2 Å². The molecule has 1 fully saturated rings. The van der Waals surface area contributed by atoms with Crippen LogP contribution in [0.5, 0.6) is 0 Å². The second-order valence-electron chi connectivity index (χ2n) is 5.10.